The van der Waals surface area contributed by atoms with Gasteiger partial charge in [-0.25, -0.2) is 10.2 Å². The van der Waals surface area contributed by atoms with E-state index in [0.29, 0.717) is 31.4 Å². The van der Waals surface area contributed by atoms with Gasteiger partial charge >= 0.3 is 12.1 Å². The van der Waals surface area contributed by atoms with Crippen LogP contribution in [0.25, 0.3) is 33.3 Å². The molecule has 4 heterocycles. The van der Waals surface area contributed by atoms with Crippen molar-refractivity contribution in [1.29, 1.82) is 0 Å². The van der Waals surface area contributed by atoms with Crippen LogP contribution in [0.4, 0.5) is 4.79 Å². The van der Waals surface area contributed by atoms with Crippen molar-refractivity contribution in [3.05, 3.63) is 71.5 Å². The zero-order valence-corrected chi connectivity index (χ0v) is 40.6. The van der Waals surface area contributed by atoms with Crippen LogP contribution in [0.3, 0.4) is 0 Å². The van der Waals surface area contributed by atoms with E-state index in [1.165, 1.54) is 27.4 Å². The highest BCUT2D eigenvalue weighted by Crippen LogP contribution is 2.41. The third kappa shape index (κ3) is 11.3. The molecule has 2 aromatic carbocycles. The molecule has 15 heteroatoms. The maximum absolute atomic E-state index is 14.7. The maximum atomic E-state index is 14.7. The zero-order chi connectivity index (χ0) is 48.2. The Labute approximate surface area is 389 Å². The molecule has 6 rings (SSSR count). The highest BCUT2D eigenvalue weighted by Gasteiger charge is 2.38. The molecule has 15 nitrogen and oxygen atoms in total. The van der Waals surface area contributed by atoms with Gasteiger partial charge < -0.3 is 34.3 Å². The number of benzene rings is 2. The molecule has 4 aromatic rings. The van der Waals surface area contributed by atoms with Gasteiger partial charge in [0.2, 0.25) is 11.8 Å². The second kappa shape index (κ2) is 20.3. The van der Waals surface area contributed by atoms with E-state index >= 15 is 0 Å². The molecule has 1 fully saturated rings. The van der Waals surface area contributed by atoms with Crippen molar-refractivity contribution in [3.63, 3.8) is 0 Å². The summed E-state index contributed by atoms with van der Waals surface area (Å²) in [4.78, 5) is 76.4. The van der Waals surface area contributed by atoms with Gasteiger partial charge in [0.05, 0.1) is 12.3 Å². The minimum absolute atomic E-state index is 0.00806. The summed E-state index contributed by atoms with van der Waals surface area (Å²) in [7, 11) is 3.09. The van der Waals surface area contributed by atoms with Crippen molar-refractivity contribution in [3.8, 4) is 28.1 Å². The van der Waals surface area contributed by atoms with Gasteiger partial charge in [-0.05, 0) is 117 Å². The number of hydrazine groups is 1. The number of carbonyl (C=O) groups excluding carboxylic acids is 5. The van der Waals surface area contributed by atoms with Crippen molar-refractivity contribution in [2.75, 3.05) is 33.8 Å². The molecule has 0 radical (unpaired) electrons. The summed E-state index contributed by atoms with van der Waals surface area (Å²) in [6, 6.07) is 10.6. The number of nitrogens with one attached hydrogen (secondary N) is 2. The topological polar surface area (TPSA) is 176 Å². The van der Waals surface area contributed by atoms with E-state index in [-0.39, 0.29) is 50.1 Å². The summed E-state index contributed by atoms with van der Waals surface area (Å²) >= 11 is 0. The SMILES string of the molecule is CCc1ccncc1-c1c2c3cc(ccc3n1CC)-c1cc(O)cc(c1)C[C@H](NC(=O)[C@H](C(C)C)N(C)C(=O)CCN(C)C(=O)OC(C)(C)C)C(=O)N1CCC[C@H](N1)C(=O)OCC(C)(C)C2. The van der Waals surface area contributed by atoms with E-state index in [1.807, 2.05) is 38.4 Å². The maximum Gasteiger partial charge on any atom is 0.410 e. The number of aryl methyl sites for hydroxylation is 2. The summed E-state index contributed by atoms with van der Waals surface area (Å²) in [6.07, 6.45) is 5.46. The average Bonchev–Trinajstić information content (AvgIpc) is 3.56. The number of pyridine rings is 1. The Balaban J connectivity index is 1.40. The molecule has 0 aliphatic carbocycles. The number of fused-ring (bicyclic) bond motifs is 6. The van der Waals surface area contributed by atoms with Crippen LogP contribution in [0.2, 0.25) is 0 Å². The lowest BCUT2D eigenvalue weighted by Gasteiger charge is -2.37. The van der Waals surface area contributed by atoms with Crippen LogP contribution >= 0.6 is 0 Å². The van der Waals surface area contributed by atoms with Crippen LogP contribution in [0, 0.1) is 11.3 Å². The number of hydrogen-bond acceptors (Lipinski definition) is 10. The fourth-order valence-corrected chi connectivity index (χ4v) is 9.17. The minimum atomic E-state index is -1.17. The Morgan fingerprint density at radius 3 is 2.48 bits per heavy atom. The second-order valence-electron chi connectivity index (χ2n) is 20.0. The molecule has 6 bridgehead atoms. The smallest absolute Gasteiger partial charge is 0.410 e. The number of phenolic OH excluding ortho intramolecular Hbond substituents is 1. The molecule has 4 amide bonds. The van der Waals surface area contributed by atoms with E-state index in [1.54, 1.807) is 40.0 Å². The molecular weight excluding hydrogens is 839 g/mol. The Morgan fingerprint density at radius 1 is 1.06 bits per heavy atom. The van der Waals surface area contributed by atoms with Gasteiger partial charge in [-0.1, -0.05) is 46.8 Å². The summed E-state index contributed by atoms with van der Waals surface area (Å²) in [5.41, 5.74) is 9.49. The fourth-order valence-electron chi connectivity index (χ4n) is 9.17. The van der Waals surface area contributed by atoms with Gasteiger partial charge in [-0.2, -0.15) is 0 Å². The van der Waals surface area contributed by atoms with Crippen molar-refractivity contribution in [2.45, 2.75) is 131 Å². The summed E-state index contributed by atoms with van der Waals surface area (Å²) in [6.45, 7) is 18.5. The van der Waals surface area contributed by atoms with Gasteiger partial charge in [-0.3, -0.25) is 29.2 Å². The number of phenols is 1. The Kier molecular flexibility index (Phi) is 15.2. The molecular formula is C51H69N7O8. The molecule has 2 aliphatic heterocycles. The lowest BCUT2D eigenvalue weighted by atomic mass is 9.84. The largest absolute Gasteiger partial charge is 0.508 e. The number of esters is 1. The molecule has 3 N–H and O–H groups in total. The number of nitrogens with zero attached hydrogens (tertiary/aromatic N) is 5. The zero-order valence-electron chi connectivity index (χ0n) is 40.6. The molecule has 66 heavy (non-hydrogen) atoms. The quantitative estimate of drug-likeness (QED) is 0.140. The predicted octanol–water partition coefficient (Wildman–Crippen LogP) is 7.05. The predicted molar refractivity (Wildman–Crippen MR) is 254 cm³/mol. The highest BCUT2D eigenvalue weighted by molar-refractivity contribution is 5.96. The number of hydrogen-bond donors (Lipinski definition) is 3. The van der Waals surface area contributed by atoms with E-state index in [0.717, 1.165) is 45.3 Å². The van der Waals surface area contributed by atoms with E-state index in [2.05, 4.69) is 66.2 Å². The molecule has 0 unspecified atom stereocenters. The van der Waals surface area contributed by atoms with E-state index in [4.69, 9.17) is 9.47 Å². The number of aromatic hydroxyl groups is 1. The summed E-state index contributed by atoms with van der Waals surface area (Å²) in [5, 5.41) is 16.7. The summed E-state index contributed by atoms with van der Waals surface area (Å²) < 4.78 is 13.8. The van der Waals surface area contributed by atoms with Crippen LogP contribution in [0.1, 0.15) is 98.3 Å². The number of carbonyl (C=O) groups is 5. The second-order valence-corrected chi connectivity index (χ2v) is 20.0. The third-order valence-corrected chi connectivity index (χ3v) is 12.5. The average molecular weight is 908 g/mol. The molecule has 2 aliphatic rings. The number of rotatable bonds is 10. The standard InChI is InChI=1S/C51H69N7O8/c1-12-33-18-20-52-29-39(33)45-38-28-51(8,9)30-65-48(63)40-15-14-21-58(54-40)47(62)41(25-32-23-35(26-36(59)24-32)34-16-17-42(37(38)27-34)57(45)13-2)53-46(61)44(31(3)4)56(11)43(60)19-22-55(10)49(64)66-50(5,6)7/h16-18,20,23-24,26-27,29,31,40-41,44,54,59H,12-15,19,21-22,25,28,30H2,1-11H3,(H,53,61)/t40-,41-,44-/m0/s1. The van der Waals surface area contributed by atoms with Crippen molar-refractivity contribution in [2.24, 2.45) is 11.3 Å². The van der Waals surface area contributed by atoms with Gasteiger partial charge in [0.1, 0.15) is 29.5 Å². The van der Waals surface area contributed by atoms with Crippen LogP contribution in [-0.2, 0) is 54.5 Å². The Hall–Kier alpha value is -5.96. The first-order valence-electron chi connectivity index (χ1n) is 23.3. The number of cyclic esters (lactones) is 1. The van der Waals surface area contributed by atoms with Crippen molar-refractivity contribution < 1.29 is 38.6 Å². The van der Waals surface area contributed by atoms with Gasteiger partial charge in [0.15, 0.2) is 0 Å². The molecule has 3 atom stereocenters. The van der Waals surface area contributed by atoms with Gasteiger partial charge in [-0.15, -0.1) is 0 Å². The van der Waals surface area contributed by atoms with Crippen LogP contribution in [-0.4, -0.2) is 117 Å². The molecule has 0 spiro atoms. The number of amides is 4. The van der Waals surface area contributed by atoms with E-state index < -0.39 is 53.0 Å². The number of aromatic nitrogens is 2. The summed E-state index contributed by atoms with van der Waals surface area (Å²) in [5.74, 6) is -2.25. The fraction of sp³-hybridized carbons (Fsp3) is 0.529. The minimum Gasteiger partial charge on any atom is -0.508 e. The van der Waals surface area contributed by atoms with Crippen molar-refractivity contribution in [1.82, 2.24) is 35.1 Å². The molecule has 2 aromatic heterocycles. The number of ether oxygens (including phenoxy) is 2. The molecule has 356 valence electrons. The van der Waals surface area contributed by atoms with E-state index in [9.17, 15) is 29.1 Å². The highest BCUT2D eigenvalue weighted by atomic mass is 16.6. The van der Waals surface area contributed by atoms with Crippen molar-refractivity contribution >= 4 is 40.7 Å². The monoisotopic (exact) mass is 908 g/mol. The van der Waals surface area contributed by atoms with Crippen LogP contribution in [0.5, 0.6) is 5.75 Å². The van der Waals surface area contributed by atoms with Gasteiger partial charge in [0, 0.05) is 80.8 Å². The first kappa shape index (κ1) is 49.5. The molecule has 1 saturated heterocycles. The first-order valence-corrected chi connectivity index (χ1v) is 23.3. The Bertz CT molecular complexity index is 2450. The lowest BCUT2D eigenvalue weighted by Crippen LogP contribution is -2.62. The third-order valence-electron chi connectivity index (χ3n) is 12.5. The van der Waals surface area contributed by atoms with Crippen LogP contribution in [0.15, 0.2) is 54.9 Å². The Morgan fingerprint density at radius 2 is 1.80 bits per heavy atom. The first-order chi connectivity index (χ1) is 31.1. The normalized spacial score (nSPS) is 18.3. The number of likely N-dealkylation sites (N-methyl/N-ethyl adjacent to an activating group) is 1. The molecule has 0 saturated carbocycles. The van der Waals surface area contributed by atoms with Crippen LogP contribution < -0.4 is 10.7 Å². The lowest BCUT2D eigenvalue weighted by molar-refractivity contribution is -0.155. The van der Waals surface area contributed by atoms with Gasteiger partial charge in [0.25, 0.3) is 5.91 Å².